The van der Waals surface area contributed by atoms with Crippen molar-refractivity contribution in [3.63, 3.8) is 0 Å². The number of imidazole rings is 1. The van der Waals surface area contributed by atoms with Gasteiger partial charge in [-0.05, 0) is 29.5 Å². The van der Waals surface area contributed by atoms with E-state index in [9.17, 15) is 4.79 Å². The molecule has 126 valence electrons. The third kappa shape index (κ3) is 2.57. The Morgan fingerprint density at radius 3 is 2.39 bits per heavy atom. The number of benzene rings is 1. The molecule has 1 saturated heterocycles. The summed E-state index contributed by atoms with van der Waals surface area (Å²) in [6, 6.07) is 4.46. The highest BCUT2D eigenvalue weighted by molar-refractivity contribution is 5.91. The molecule has 5 heteroatoms. The molecular weight excluding hydrogens is 290 g/mol. The van der Waals surface area contributed by atoms with Crippen molar-refractivity contribution in [2.75, 3.05) is 31.2 Å². The quantitative estimate of drug-likeness (QED) is 0.873. The topological polar surface area (TPSA) is 39.4 Å². The number of hydrogen-bond donors (Lipinski definition) is 0. The predicted octanol–water partition coefficient (Wildman–Crippen LogP) is 2.40. The van der Waals surface area contributed by atoms with Gasteiger partial charge < -0.3 is 9.64 Å². The SMILES string of the molecule is CCC(C)(C)c1cc(N2CCOCC2)c2c(c1)n(C)c(=O)n2C. The number of morpholine rings is 1. The third-order valence-corrected chi connectivity index (χ3v) is 5.36. The minimum Gasteiger partial charge on any atom is -0.378 e. The Morgan fingerprint density at radius 1 is 1.13 bits per heavy atom. The fourth-order valence-corrected chi connectivity index (χ4v) is 3.27. The summed E-state index contributed by atoms with van der Waals surface area (Å²) in [7, 11) is 3.72. The molecule has 23 heavy (non-hydrogen) atoms. The molecule has 0 unspecified atom stereocenters. The van der Waals surface area contributed by atoms with Crippen molar-refractivity contribution >= 4 is 16.7 Å². The maximum absolute atomic E-state index is 12.4. The van der Waals surface area contributed by atoms with E-state index < -0.39 is 0 Å². The normalized spacial score (nSPS) is 16.3. The van der Waals surface area contributed by atoms with Crippen molar-refractivity contribution in [2.24, 2.45) is 14.1 Å². The number of nitrogens with zero attached hydrogens (tertiary/aromatic N) is 3. The van der Waals surface area contributed by atoms with E-state index in [1.807, 2.05) is 14.1 Å². The van der Waals surface area contributed by atoms with Crippen LogP contribution in [0.25, 0.3) is 11.0 Å². The van der Waals surface area contributed by atoms with Gasteiger partial charge in [-0.1, -0.05) is 20.8 Å². The molecule has 0 atom stereocenters. The molecule has 1 aromatic carbocycles. The highest BCUT2D eigenvalue weighted by Crippen LogP contribution is 2.35. The van der Waals surface area contributed by atoms with Gasteiger partial charge in [-0.2, -0.15) is 0 Å². The molecule has 1 aliphatic rings. The van der Waals surface area contributed by atoms with Crippen LogP contribution in [0.5, 0.6) is 0 Å². The zero-order valence-corrected chi connectivity index (χ0v) is 14.8. The van der Waals surface area contributed by atoms with E-state index >= 15 is 0 Å². The maximum Gasteiger partial charge on any atom is 0.328 e. The number of aryl methyl sites for hydroxylation is 2. The van der Waals surface area contributed by atoms with Crippen LogP contribution in [0, 0.1) is 0 Å². The molecule has 1 fully saturated rings. The first-order valence-corrected chi connectivity index (χ1v) is 8.39. The van der Waals surface area contributed by atoms with E-state index in [1.165, 1.54) is 5.56 Å². The van der Waals surface area contributed by atoms with E-state index in [0.29, 0.717) is 0 Å². The van der Waals surface area contributed by atoms with Crippen LogP contribution in [0.1, 0.15) is 32.8 Å². The van der Waals surface area contributed by atoms with Crippen molar-refractivity contribution in [2.45, 2.75) is 32.6 Å². The van der Waals surface area contributed by atoms with Gasteiger partial charge in [0.15, 0.2) is 0 Å². The summed E-state index contributed by atoms with van der Waals surface area (Å²) < 4.78 is 9.02. The Bertz CT molecular complexity index is 780. The summed E-state index contributed by atoms with van der Waals surface area (Å²) in [5.74, 6) is 0. The van der Waals surface area contributed by atoms with E-state index in [0.717, 1.165) is 49.4 Å². The van der Waals surface area contributed by atoms with Crippen molar-refractivity contribution < 1.29 is 4.74 Å². The van der Waals surface area contributed by atoms with Crippen molar-refractivity contribution in [3.05, 3.63) is 28.2 Å². The van der Waals surface area contributed by atoms with Crippen LogP contribution in [0.4, 0.5) is 5.69 Å². The minimum atomic E-state index is 0.0287. The van der Waals surface area contributed by atoms with Gasteiger partial charge >= 0.3 is 5.69 Å². The van der Waals surface area contributed by atoms with Gasteiger partial charge in [-0.3, -0.25) is 9.13 Å². The second-order valence-corrected chi connectivity index (χ2v) is 7.10. The largest absolute Gasteiger partial charge is 0.378 e. The molecule has 0 amide bonds. The van der Waals surface area contributed by atoms with Crippen LogP contribution in [0.15, 0.2) is 16.9 Å². The lowest BCUT2D eigenvalue weighted by atomic mass is 9.81. The van der Waals surface area contributed by atoms with Gasteiger partial charge in [0.1, 0.15) is 0 Å². The lowest BCUT2D eigenvalue weighted by Gasteiger charge is -2.32. The van der Waals surface area contributed by atoms with Crippen molar-refractivity contribution in [3.8, 4) is 0 Å². The number of anilines is 1. The molecule has 0 spiro atoms. The summed E-state index contributed by atoms with van der Waals surface area (Å²) in [6.07, 6.45) is 1.06. The van der Waals surface area contributed by atoms with Gasteiger partial charge in [0.05, 0.1) is 29.9 Å². The molecular formula is C18H27N3O2. The lowest BCUT2D eigenvalue weighted by molar-refractivity contribution is 0.123. The first-order chi connectivity index (χ1) is 10.9. The Balaban J connectivity index is 2.30. The number of ether oxygens (including phenoxy) is 1. The number of aromatic nitrogens is 2. The Kier molecular flexibility index (Phi) is 4.00. The molecule has 3 rings (SSSR count). The molecule has 5 nitrogen and oxygen atoms in total. The van der Waals surface area contributed by atoms with Crippen molar-refractivity contribution in [1.82, 2.24) is 9.13 Å². The number of rotatable bonds is 3. The second-order valence-electron chi connectivity index (χ2n) is 7.10. The van der Waals surface area contributed by atoms with Crippen LogP contribution in [0.3, 0.4) is 0 Å². The fraction of sp³-hybridized carbons (Fsp3) is 0.611. The van der Waals surface area contributed by atoms with Crippen molar-refractivity contribution in [1.29, 1.82) is 0 Å². The van der Waals surface area contributed by atoms with E-state index in [-0.39, 0.29) is 11.1 Å². The summed E-state index contributed by atoms with van der Waals surface area (Å²) in [5.41, 5.74) is 4.59. The van der Waals surface area contributed by atoms with Gasteiger partial charge in [-0.15, -0.1) is 0 Å². The number of fused-ring (bicyclic) bond motifs is 1. The molecule has 2 heterocycles. The Labute approximate surface area is 137 Å². The van der Waals surface area contributed by atoms with Crippen LogP contribution in [-0.4, -0.2) is 35.4 Å². The van der Waals surface area contributed by atoms with Crippen LogP contribution < -0.4 is 10.6 Å². The van der Waals surface area contributed by atoms with Crippen LogP contribution >= 0.6 is 0 Å². The minimum absolute atomic E-state index is 0.0287. The highest BCUT2D eigenvalue weighted by atomic mass is 16.5. The van der Waals surface area contributed by atoms with Gasteiger partial charge in [0.25, 0.3) is 0 Å². The standard InChI is InChI=1S/C18H27N3O2/c1-6-18(2,3)13-11-14-16(20(5)17(22)19(14)4)15(12-13)21-7-9-23-10-8-21/h11-12H,6-10H2,1-5H3. The van der Waals surface area contributed by atoms with Gasteiger partial charge in [0, 0.05) is 27.2 Å². The maximum atomic E-state index is 12.4. The summed E-state index contributed by atoms with van der Waals surface area (Å²) in [4.78, 5) is 14.8. The average molecular weight is 317 g/mol. The van der Waals surface area contributed by atoms with Crippen LogP contribution in [-0.2, 0) is 24.2 Å². The first-order valence-electron chi connectivity index (χ1n) is 8.39. The monoisotopic (exact) mass is 317 g/mol. The molecule has 0 N–H and O–H groups in total. The first kappa shape index (κ1) is 16.1. The summed E-state index contributed by atoms with van der Waals surface area (Å²) in [6.45, 7) is 9.95. The van der Waals surface area contributed by atoms with Gasteiger partial charge in [0.2, 0.25) is 0 Å². The van der Waals surface area contributed by atoms with E-state index in [4.69, 9.17) is 4.74 Å². The molecule has 2 aromatic rings. The Hall–Kier alpha value is -1.75. The molecule has 1 aromatic heterocycles. The molecule has 0 aliphatic carbocycles. The summed E-state index contributed by atoms with van der Waals surface area (Å²) >= 11 is 0. The zero-order chi connectivity index (χ0) is 16.8. The fourth-order valence-electron chi connectivity index (χ4n) is 3.27. The lowest BCUT2D eigenvalue weighted by Crippen LogP contribution is -2.36. The predicted molar refractivity (Wildman–Crippen MR) is 94.5 cm³/mol. The second kappa shape index (κ2) is 5.71. The molecule has 1 aliphatic heterocycles. The Morgan fingerprint density at radius 2 is 1.78 bits per heavy atom. The molecule has 0 saturated carbocycles. The van der Waals surface area contributed by atoms with Gasteiger partial charge in [-0.25, -0.2) is 4.79 Å². The highest BCUT2D eigenvalue weighted by Gasteiger charge is 2.25. The average Bonchev–Trinajstić information content (AvgIpc) is 2.79. The van der Waals surface area contributed by atoms with E-state index in [1.54, 1.807) is 9.13 Å². The zero-order valence-electron chi connectivity index (χ0n) is 14.8. The van der Waals surface area contributed by atoms with E-state index in [2.05, 4.69) is 37.8 Å². The van der Waals surface area contributed by atoms with Crippen LogP contribution in [0.2, 0.25) is 0 Å². The molecule has 0 bridgehead atoms. The smallest absolute Gasteiger partial charge is 0.328 e. The number of hydrogen-bond acceptors (Lipinski definition) is 3. The third-order valence-electron chi connectivity index (χ3n) is 5.36. The molecule has 0 radical (unpaired) electrons. The summed E-state index contributed by atoms with van der Waals surface area (Å²) in [5, 5.41) is 0.